The maximum Gasteiger partial charge on any atom is 0.251 e. The number of amides is 1. The lowest BCUT2D eigenvalue weighted by atomic mass is 9.90. The summed E-state index contributed by atoms with van der Waals surface area (Å²) in [6.45, 7) is 8.04. The van der Waals surface area contributed by atoms with E-state index in [-0.39, 0.29) is 17.6 Å². The van der Waals surface area contributed by atoms with Crippen LogP contribution in [-0.4, -0.2) is 37.3 Å². The van der Waals surface area contributed by atoms with E-state index in [9.17, 15) is 4.79 Å². The van der Waals surface area contributed by atoms with Gasteiger partial charge in [0, 0.05) is 24.3 Å². The number of carbonyl (C=O) groups excluding carboxylic acids is 1. The molecule has 134 valence electrons. The summed E-state index contributed by atoms with van der Waals surface area (Å²) in [6.07, 6.45) is 3.18. The first kappa shape index (κ1) is 18.7. The summed E-state index contributed by atoms with van der Waals surface area (Å²) < 4.78 is 11.3. The van der Waals surface area contributed by atoms with Crippen molar-refractivity contribution in [3.8, 4) is 5.75 Å². The Morgan fingerprint density at radius 1 is 1.42 bits per heavy atom. The molecule has 5 heteroatoms. The van der Waals surface area contributed by atoms with Gasteiger partial charge < -0.3 is 20.5 Å². The Balaban J connectivity index is 1.90. The minimum atomic E-state index is -0.389. The molecular weight excluding hydrogens is 304 g/mol. The molecule has 1 amide bonds. The zero-order valence-corrected chi connectivity index (χ0v) is 15.0. The van der Waals surface area contributed by atoms with Crippen molar-refractivity contribution < 1.29 is 14.3 Å². The van der Waals surface area contributed by atoms with Crippen molar-refractivity contribution in [2.24, 2.45) is 11.7 Å². The second kappa shape index (κ2) is 8.49. The SMILES string of the molecule is CC(C)CC(C)(CN)NC(=O)c1ccc(OCC2CCCO2)cc1. The lowest BCUT2D eigenvalue weighted by molar-refractivity contribution is 0.0679. The Bertz CT molecular complexity index is 524. The number of nitrogens with one attached hydrogen (secondary N) is 1. The molecule has 1 aliphatic heterocycles. The van der Waals surface area contributed by atoms with Crippen molar-refractivity contribution in [3.05, 3.63) is 29.8 Å². The van der Waals surface area contributed by atoms with Gasteiger partial charge in [-0.25, -0.2) is 0 Å². The summed E-state index contributed by atoms with van der Waals surface area (Å²) in [5.41, 5.74) is 6.08. The van der Waals surface area contributed by atoms with Gasteiger partial charge in [-0.05, 0) is 56.4 Å². The van der Waals surface area contributed by atoms with E-state index in [4.69, 9.17) is 15.2 Å². The van der Waals surface area contributed by atoms with Crippen LogP contribution in [0, 0.1) is 5.92 Å². The van der Waals surface area contributed by atoms with E-state index < -0.39 is 0 Å². The molecule has 1 heterocycles. The monoisotopic (exact) mass is 334 g/mol. The van der Waals surface area contributed by atoms with Gasteiger partial charge in [0.05, 0.1) is 6.10 Å². The predicted molar refractivity (Wildman–Crippen MR) is 95.3 cm³/mol. The van der Waals surface area contributed by atoms with Crippen molar-refractivity contribution in [1.29, 1.82) is 0 Å². The number of rotatable bonds is 8. The summed E-state index contributed by atoms with van der Waals surface area (Å²) in [5.74, 6) is 1.12. The summed E-state index contributed by atoms with van der Waals surface area (Å²) >= 11 is 0. The fraction of sp³-hybridized carbons (Fsp3) is 0.632. The Labute approximate surface area is 144 Å². The quantitative estimate of drug-likeness (QED) is 0.767. The van der Waals surface area contributed by atoms with Crippen LogP contribution in [0.3, 0.4) is 0 Å². The third-order valence-electron chi connectivity index (χ3n) is 4.30. The molecule has 24 heavy (non-hydrogen) atoms. The molecule has 0 bridgehead atoms. The smallest absolute Gasteiger partial charge is 0.251 e. The Hall–Kier alpha value is -1.59. The fourth-order valence-electron chi connectivity index (χ4n) is 3.10. The Morgan fingerprint density at radius 3 is 2.67 bits per heavy atom. The highest BCUT2D eigenvalue weighted by atomic mass is 16.5. The van der Waals surface area contributed by atoms with E-state index >= 15 is 0 Å². The molecular formula is C19H30N2O3. The average Bonchev–Trinajstić information content (AvgIpc) is 3.06. The van der Waals surface area contributed by atoms with Gasteiger partial charge in [-0.15, -0.1) is 0 Å². The molecule has 1 saturated heterocycles. The fourth-order valence-corrected chi connectivity index (χ4v) is 3.10. The van der Waals surface area contributed by atoms with Crippen LogP contribution in [0.25, 0.3) is 0 Å². The maximum atomic E-state index is 12.5. The largest absolute Gasteiger partial charge is 0.491 e. The van der Waals surface area contributed by atoms with E-state index in [0.29, 0.717) is 24.6 Å². The van der Waals surface area contributed by atoms with Crippen molar-refractivity contribution in [3.63, 3.8) is 0 Å². The number of hydrogen-bond acceptors (Lipinski definition) is 4. The molecule has 0 aromatic heterocycles. The first-order valence-corrected chi connectivity index (χ1v) is 8.79. The van der Waals surface area contributed by atoms with E-state index in [1.165, 1.54) is 0 Å². The molecule has 0 saturated carbocycles. The van der Waals surface area contributed by atoms with Gasteiger partial charge in [0.25, 0.3) is 5.91 Å². The van der Waals surface area contributed by atoms with Crippen LogP contribution in [0.5, 0.6) is 5.75 Å². The van der Waals surface area contributed by atoms with Gasteiger partial charge in [-0.1, -0.05) is 13.8 Å². The number of nitrogens with two attached hydrogens (primary N) is 1. The molecule has 5 nitrogen and oxygen atoms in total. The molecule has 1 fully saturated rings. The van der Waals surface area contributed by atoms with Crippen molar-refractivity contribution in [1.82, 2.24) is 5.32 Å². The summed E-state index contributed by atoms with van der Waals surface area (Å²) in [6, 6.07) is 7.22. The standard InChI is InChI=1S/C19H30N2O3/c1-14(2)11-19(3,13-20)21-18(22)15-6-8-16(9-7-15)24-12-17-5-4-10-23-17/h6-9,14,17H,4-5,10-13,20H2,1-3H3,(H,21,22). The summed E-state index contributed by atoms with van der Waals surface area (Å²) in [5, 5.41) is 3.06. The van der Waals surface area contributed by atoms with Gasteiger partial charge in [-0.3, -0.25) is 4.79 Å². The molecule has 2 atom stereocenters. The lowest BCUT2D eigenvalue weighted by Crippen LogP contribution is -2.52. The molecule has 0 spiro atoms. The highest BCUT2D eigenvalue weighted by Gasteiger charge is 2.26. The third-order valence-corrected chi connectivity index (χ3v) is 4.30. The zero-order chi connectivity index (χ0) is 17.6. The molecule has 1 aromatic carbocycles. The second-order valence-corrected chi connectivity index (χ2v) is 7.29. The van der Waals surface area contributed by atoms with Crippen LogP contribution < -0.4 is 15.8 Å². The highest BCUT2D eigenvalue weighted by molar-refractivity contribution is 5.94. The molecule has 2 unspecified atom stereocenters. The van der Waals surface area contributed by atoms with Crippen LogP contribution >= 0.6 is 0 Å². The summed E-state index contributed by atoms with van der Waals surface area (Å²) in [7, 11) is 0. The normalized spacial score (nSPS) is 20.0. The van der Waals surface area contributed by atoms with Crippen LogP contribution in [0.4, 0.5) is 0 Å². The summed E-state index contributed by atoms with van der Waals surface area (Å²) in [4.78, 5) is 12.5. The number of ether oxygens (including phenoxy) is 2. The number of benzene rings is 1. The lowest BCUT2D eigenvalue weighted by Gasteiger charge is -2.31. The Morgan fingerprint density at radius 2 is 2.12 bits per heavy atom. The van der Waals surface area contributed by atoms with E-state index in [1.54, 1.807) is 12.1 Å². The zero-order valence-electron chi connectivity index (χ0n) is 15.0. The molecule has 0 aliphatic carbocycles. The van der Waals surface area contributed by atoms with Gasteiger partial charge >= 0.3 is 0 Å². The average molecular weight is 334 g/mol. The molecule has 1 aliphatic rings. The minimum Gasteiger partial charge on any atom is -0.491 e. The van der Waals surface area contributed by atoms with Gasteiger partial charge in [-0.2, -0.15) is 0 Å². The van der Waals surface area contributed by atoms with E-state index in [2.05, 4.69) is 19.2 Å². The number of carbonyl (C=O) groups is 1. The van der Waals surface area contributed by atoms with Gasteiger partial charge in [0.1, 0.15) is 12.4 Å². The second-order valence-electron chi connectivity index (χ2n) is 7.29. The van der Waals surface area contributed by atoms with E-state index in [0.717, 1.165) is 31.6 Å². The first-order valence-electron chi connectivity index (χ1n) is 8.79. The number of hydrogen-bond donors (Lipinski definition) is 2. The van der Waals surface area contributed by atoms with E-state index in [1.807, 2.05) is 19.1 Å². The molecule has 2 rings (SSSR count). The highest BCUT2D eigenvalue weighted by Crippen LogP contribution is 2.19. The van der Waals surface area contributed by atoms with Crippen molar-refractivity contribution in [2.45, 2.75) is 51.7 Å². The van der Waals surface area contributed by atoms with Gasteiger partial charge in [0.2, 0.25) is 0 Å². The maximum absolute atomic E-state index is 12.5. The van der Waals surface area contributed by atoms with Crippen molar-refractivity contribution in [2.75, 3.05) is 19.8 Å². The van der Waals surface area contributed by atoms with Gasteiger partial charge in [0.15, 0.2) is 0 Å². The van der Waals surface area contributed by atoms with Crippen molar-refractivity contribution >= 4 is 5.91 Å². The minimum absolute atomic E-state index is 0.103. The molecule has 1 aromatic rings. The third kappa shape index (κ3) is 5.49. The Kier molecular flexibility index (Phi) is 6.63. The topological polar surface area (TPSA) is 73.6 Å². The van der Waals surface area contributed by atoms with Crippen LogP contribution in [-0.2, 0) is 4.74 Å². The van der Waals surface area contributed by atoms with Crippen LogP contribution in [0.1, 0.15) is 50.4 Å². The molecule has 0 radical (unpaired) electrons. The first-order chi connectivity index (χ1) is 11.4. The molecule has 3 N–H and O–H groups in total. The predicted octanol–water partition coefficient (Wildman–Crippen LogP) is 2.74. The van der Waals surface area contributed by atoms with Crippen LogP contribution in [0.2, 0.25) is 0 Å². The van der Waals surface area contributed by atoms with Crippen LogP contribution in [0.15, 0.2) is 24.3 Å².